The lowest BCUT2D eigenvalue weighted by Crippen LogP contribution is -2.07. The Kier molecular flexibility index (Phi) is 6.34. The summed E-state index contributed by atoms with van der Waals surface area (Å²) in [6, 6.07) is 4.81. The molecule has 1 aromatic rings. The zero-order valence-corrected chi connectivity index (χ0v) is 9.73. The number of carbonyl (C=O) groups excluding carboxylic acids is 1. The fourth-order valence-corrected chi connectivity index (χ4v) is 1.07. The van der Waals surface area contributed by atoms with E-state index in [1.807, 2.05) is 20.8 Å². The highest BCUT2D eigenvalue weighted by Gasteiger charge is 2.03. The lowest BCUT2D eigenvalue weighted by Gasteiger charge is -2.04. The molecule has 0 aromatic heterocycles. The molecule has 84 valence electrons. The Morgan fingerprint density at radius 3 is 2.40 bits per heavy atom. The predicted octanol–water partition coefficient (Wildman–Crippen LogP) is 3.37. The first-order valence-electron chi connectivity index (χ1n) is 5.19. The van der Waals surface area contributed by atoms with Crippen LogP contribution in [-0.2, 0) is 11.2 Å². The van der Waals surface area contributed by atoms with Crippen LogP contribution in [0.25, 0.3) is 0 Å². The van der Waals surface area contributed by atoms with Gasteiger partial charge in [-0.3, -0.25) is 4.79 Å². The number of amides is 1. The standard InChI is InChI=1S/C10H12FNO.C2H6/c1-3-8-4-5-10(9(11)6-8)12-7(2)13;1-2/h4-6H,3H2,1-2H3,(H,12,13);1-2H3. The minimum Gasteiger partial charge on any atom is -0.324 e. The highest BCUT2D eigenvalue weighted by atomic mass is 19.1. The Bertz CT molecular complexity index is 323. The average molecular weight is 211 g/mol. The van der Waals surface area contributed by atoms with E-state index in [0.717, 1.165) is 12.0 Å². The number of halogens is 1. The maximum absolute atomic E-state index is 13.2. The van der Waals surface area contributed by atoms with Crippen molar-refractivity contribution in [1.29, 1.82) is 0 Å². The van der Waals surface area contributed by atoms with Gasteiger partial charge in [-0.25, -0.2) is 4.39 Å². The van der Waals surface area contributed by atoms with Crippen LogP contribution < -0.4 is 5.32 Å². The van der Waals surface area contributed by atoms with Crippen LogP contribution in [0.2, 0.25) is 0 Å². The van der Waals surface area contributed by atoms with Crippen LogP contribution in [0.3, 0.4) is 0 Å². The van der Waals surface area contributed by atoms with Crippen molar-refractivity contribution in [1.82, 2.24) is 0 Å². The van der Waals surface area contributed by atoms with E-state index in [1.165, 1.54) is 13.0 Å². The van der Waals surface area contributed by atoms with E-state index in [2.05, 4.69) is 5.32 Å². The first-order chi connectivity index (χ1) is 7.13. The minimum atomic E-state index is -0.380. The van der Waals surface area contributed by atoms with Gasteiger partial charge in [-0.2, -0.15) is 0 Å². The molecule has 1 N–H and O–H groups in total. The summed E-state index contributed by atoms with van der Waals surface area (Å²) < 4.78 is 13.2. The second kappa shape index (κ2) is 6.98. The highest BCUT2D eigenvalue weighted by molar-refractivity contribution is 5.88. The molecule has 0 unspecified atom stereocenters. The average Bonchev–Trinajstić information content (AvgIpc) is 2.23. The second-order valence-corrected chi connectivity index (χ2v) is 2.85. The van der Waals surface area contributed by atoms with E-state index >= 15 is 0 Å². The topological polar surface area (TPSA) is 29.1 Å². The van der Waals surface area contributed by atoms with Gasteiger partial charge in [0.1, 0.15) is 5.82 Å². The molecule has 0 heterocycles. The predicted molar refractivity (Wildman–Crippen MR) is 61.4 cm³/mol. The number of rotatable bonds is 2. The zero-order valence-electron chi connectivity index (χ0n) is 9.73. The van der Waals surface area contributed by atoms with E-state index in [-0.39, 0.29) is 17.4 Å². The summed E-state index contributed by atoms with van der Waals surface area (Å²) >= 11 is 0. The third-order valence-corrected chi connectivity index (χ3v) is 1.75. The summed E-state index contributed by atoms with van der Waals surface area (Å²) in [5.74, 6) is -0.641. The molecule has 0 bridgehead atoms. The first-order valence-corrected chi connectivity index (χ1v) is 5.19. The van der Waals surface area contributed by atoms with E-state index in [4.69, 9.17) is 0 Å². The van der Waals surface area contributed by atoms with E-state index in [0.29, 0.717) is 0 Å². The van der Waals surface area contributed by atoms with Crippen molar-refractivity contribution in [2.24, 2.45) is 0 Å². The molecule has 0 aliphatic carbocycles. The number of nitrogens with one attached hydrogen (secondary N) is 1. The smallest absolute Gasteiger partial charge is 0.221 e. The second-order valence-electron chi connectivity index (χ2n) is 2.85. The third kappa shape index (κ3) is 4.58. The SMILES string of the molecule is CC.CCc1ccc(NC(C)=O)c(F)c1. The van der Waals surface area contributed by atoms with E-state index in [9.17, 15) is 9.18 Å². The fraction of sp³-hybridized carbons (Fsp3) is 0.417. The molecule has 0 fully saturated rings. The molecule has 0 saturated heterocycles. The Balaban J connectivity index is 0.000000921. The number of anilines is 1. The summed E-state index contributed by atoms with van der Waals surface area (Å²) in [5.41, 5.74) is 1.16. The molecule has 2 nitrogen and oxygen atoms in total. The van der Waals surface area contributed by atoms with Crippen molar-refractivity contribution in [2.45, 2.75) is 34.1 Å². The number of aryl methyl sites for hydroxylation is 1. The molecular weight excluding hydrogens is 193 g/mol. The normalized spacial score (nSPS) is 8.87. The lowest BCUT2D eigenvalue weighted by atomic mass is 10.1. The Morgan fingerprint density at radius 2 is 2.00 bits per heavy atom. The monoisotopic (exact) mass is 211 g/mol. The van der Waals surface area contributed by atoms with Crippen molar-refractivity contribution in [3.05, 3.63) is 29.6 Å². The van der Waals surface area contributed by atoms with Gasteiger partial charge >= 0.3 is 0 Å². The van der Waals surface area contributed by atoms with Crippen LogP contribution in [0.5, 0.6) is 0 Å². The Morgan fingerprint density at radius 1 is 1.40 bits per heavy atom. The summed E-state index contributed by atoms with van der Waals surface area (Å²) in [5, 5.41) is 2.41. The van der Waals surface area contributed by atoms with Crippen molar-refractivity contribution >= 4 is 11.6 Å². The minimum absolute atomic E-state index is 0.240. The molecule has 1 amide bonds. The summed E-state index contributed by atoms with van der Waals surface area (Å²) in [7, 11) is 0. The Hall–Kier alpha value is -1.38. The maximum atomic E-state index is 13.2. The molecular formula is C12H18FNO. The van der Waals surface area contributed by atoms with E-state index in [1.54, 1.807) is 12.1 Å². The van der Waals surface area contributed by atoms with Gasteiger partial charge in [0.25, 0.3) is 0 Å². The first kappa shape index (κ1) is 13.6. The zero-order chi connectivity index (χ0) is 11.8. The summed E-state index contributed by atoms with van der Waals surface area (Å²) in [6.45, 7) is 7.31. The van der Waals surface area contributed by atoms with Crippen LogP contribution in [0.1, 0.15) is 33.3 Å². The lowest BCUT2D eigenvalue weighted by molar-refractivity contribution is -0.114. The van der Waals surface area contributed by atoms with Crippen LogP contribution in [-0.4, -0.2) is 5.91 Å². The van der Waals surface area contributed by atoms with Crippen molar-refractivity contribution < 1.29 is 9.18 Å². The number of hydrogen-bond donors (Lipinski definition) is 1. The Labute approximate surface area is 90.5 Å². The number of carbonyl (C=O) groups is 1. The molecule has 3 heteroatoms. The molecule has 0 aliphatic heterocycles. The fourth-order valence-electron chi connectivity index (χ4n) is 1.07. The molecule has 0 spiro atoms. The molecule has 0 radical (unpaired) electrons. The van der Waals surface area contributed by atoms with E-state index < -0.39 is 0 Å². The van der Waals surface area contributed by atoms with Crippen LogP contribution in [0.4, 0.5) is 10.1 Å². The maximum Gasteiger partial charge on any atom is 0.221 e. The van der Waals surface area contributed by atoms with Crippen molar-refractivity contribution in [3.63, 3.8) is 0 Å². The molecule has 0 saturated carbocycles. The van der Waals surface area contributed by atoms with Crippen molar-refractivity contribution in [3.8, 4) is 0 Å². The molecule has 1 rings (SSSR count). The third-order valence-electron chi connectivity index (χ3n) is 1.75. The molecule has 1 aromatic carbocycles. The largest absolute Gasteiger partial charge is 0.324 e. The molecule has 0 atom stereocenters. The van der Waals surface area contributed by atoms with Gasteiger partial charge in [-0.1, -0.05) is 26.8 Å². The van der Waals surface area contributed by atoms with Gasteiger partial charge in [0.2, 0.25) is 5.91 Å². The number of benzene rings is 1. The van der Waals surface area contributed by atoms with Gasteiger partial charge < -0.3 is 5.32 Å². The highest BCUT2D eigenvalue weighted by Crippen LogP contribution is 2.15. The van der Waals surface area contributed by atoms with Gasteiger partial charge in [0.05, 0.1) is 5.69 Å². The van der Waals surface area contributed by atoms with Gasteiger partial charge in [0, 0.05) is 6.92 Å². The van der Waals surface area contributed by atoms with Crippen molar-refractivity contribution in [2.75, 3.05) is 5.32 Å². The van der Waals surface area contributed by atoms with Gasteiger partial charge in [0.15, 0.2) is 0 Å². The van der Waals surface area contributed by atoms with Crippen LogP contribution in [0, 0.1) is 5.82 Å². The van der Waals surface area contributed by atoms with Crippen LogP contribution >= 0.6 is 0 Å². The quantitative estimate of drug-likeness (QED) is 0.798. The van der Waals surface area contributed by atoms with Crippen LogP contribution in [0.15, 0.2) is 18.2 Å². The molecule has 15 heavy (non-hydrogen) atoms. The number of hydrogen-bond acceptors (Lipinski definition) is 1. The van der Waals surface area contributed by atoms with Gasteiger partial charge in [-0.05, 0) is 24.1 Å². The summed E-state index contributed by atoms with van der Waals surface area (Å²) in [4.78, 5) is 10.6. The molecule has 0 aliphatic rings. The summed E-state index contributed by atoms with van der Waals surface area (Å²) in [6.07, 6.45) is 0.789. The van der Waals surface area contributed by atoms with Gasteiger partial charge in [-0.15, -0.1) is 0 Å².